The molecule has 16 heteroatoms. The zero-order valence-corrected chi connectivity index (χ0v) is 27.7. The highest BCUT2D eigenvalue weighted by Crippen LogP contribution is 2.40. The summed E-state index contributed by atoms with van der Waals surface area (Å²) in [4.78, 5) is 51.1. The molecule has 3 aliphatic heterocycles. The summed E-state index contributed by atoms with van der Waals surface area (Å²) < 4.78 is 47.7. The van der Waals surface area contributed by atoms with Gasteiger partial charge in [-0.1, -0.05) is 11.6 Å². The lowest BCUT2D eigenvalue weighted by molar-refractivity contribution is -0.141. The van der Waals surface area contributed by atoms with Gasteiger partial charge >= 0.3 is 18.3 Å². The maximum Gasteiger partial charge on any atom is 0.418 e. The molecule has 1 aromatic carbocycles. The highest BCUT2D eigenvalue weighted by atomic mass is 35.5. The highest BCUT2D eigenvalue weighted by molar-refractivity contribution is 7.08. The number of amides is 4. The van der Waals surface area contributed by atoms with Gasteiger partial charge in [0.1, 0.15) is 0 Å². The summed E-state index contributed by atoms with van der Waals surface area (Å²) in [5.74, 6) is -0.494. The third-order valence-corrected chi connectivity index (χ3v) is 10.1. The average Bonchev–Trinajstić information content (AvgIpc) is 3.54. The number of thiophene rings is 1. The second-order valence-electron chi connectivity index (χ2n) is 11.9. The van der Waals surface area contributed by atoms with Crippen molar-refractivity contribution in [3.8, 4) is 0 Å². The first-order valence-corrected chi connectivity index (χ1v) is 16.9. The van der Waals surface area contributed by atoms with Crippen LogP contribution in [0.5, 0.6) is 0 Å². The molecule has 2 aromatic heterocycles. The number of benzene rings is 1. The number of likely N-dealkylation sites (tertiary alicyclic amines) is 1. The summed E-state index contributed by atoms with van der Waals surface area (Å²) >= 11 is 7.77. The predicted molar refractivity (Wildman–Crippen MR) is 176 cm³/mol. The van der Waals surface area contributed by atoms with E-state index < -0.39 is 29.8 Å². The molecule has 2 saturated heterocycles. The fraction of sp³-hybridized carbons (Fsp3) is 0.438. The molecule has 0 unspecified atom stereocenters. The Labute approximate surface area is 284 Å². The van der Waals surface area contributed by atoms with Crippen LogP contribution in [0.3, 0.4) is 0 Å². The molecule has 0 bridgehead atoms. The number of halogens is 4. The van der Waals surface area contributed by atoms with E-state index in [1.807, 2.05) is 22.9 Å². The number of nitrogens with one attached hydrogen (secondary N) is 2. The lowest BCUT2D eigenvalue weighted by Gasteiger charge is -2.40. The number of nitrogens with zero attached hydrogens (tertiary/aromatic N) is 5. The zero-order chi connectivity index (χ0) is 34.0. The van der Waals surface area contributed by atoms with E-state index in [1.54, 1.807) is 22.2 Å². The van der Waals surface area contributed by atoms with E-state index in [0.29, 0.717) is 45.6 Å². The Balaban J connectivity index is 1.16. The van der Waals surface area contributed by atoms with Gasteiger partial charge in [-0.05, 0) is 48.1 Å². The minimum Gasteiger partial charge on any atom is -0.436 e. The van der Waals surface area contributed by atoms with Gasteiger partial charge in [0, 0.05) is 87.8 Å². The quantitative estimate of drug-likeness (QED) is 0.322. The number of anilines is 3. The number of aromatic nitrogens is 1. The van der Waals surface area contributed by atoms with E-state index in [0.717, 1.165) is 23.0 Å². The number of piperidine rings is 1. The number of urea groups is 1. The second kappa shape index (κ2) is 14.1. The maximum absolute atomic E-state index is 14.0. The molecule has 2 N–H and O–H groups in total. The van der Waals surface area contributed by atoms with Gasteiger partial charge in [0.05, 0.1) is 28.5 Å². The van der Waals surface area contributed by atoms with E-state index in [2.05, 4.69) is 20.5 Å². The number of hydrogen-bond donors (Lipinski definition) is 2. The van der Waals surface area contributed by atoms with Crippen LogP contribution in [0.2, 0.25) is 5.02 Å². The predicted octanol–water partition coefficient (Wildman–Crippen LogP) is 5.77. The van der Waals surface area contributed by atoms with Crippen LogP contribution in [-0.4, -0.2) is 96.2 Å². The third kappa shape index (κ3) is 7.26. The molecule has 0 spiro atoms. The Hall–Kier alpha value is -4.24. The van der Waals surface area contributed by atoms with E-state index in [1.165, 1.54) is 29.4 Å². The molecule has 3 aromatic rings. The molecule has 48 heavy (non-hydrogen) atoms. The van der Waals surface area contributed by atoms with Crippen molar-refractivity contribution in [2.45, 2.75) is 44.1 Å². The molecule has 0 aliphatic carbocycles. The molecule has 1 atom stereocenters. The molecule has 3 aliphatic rings. The smallest absolute Gasteiger partial charge is 0.418 e. The van der Waals surface area contributed by atoms with Crippen LogP contribution in [-0.2, 0) is 28.7 Å². The third-order valence-electron chi connectivity index (χ3n) is 9.01. The van der Waals surface area contributed by atoms with Gasteiger partial charge < -0.3 is 35.0 Å². The summed E-state index contributed by atoms with van der Waals surface area (Å²) in [7, 11) is 1.34. The van der Waals surface area contributed by atoms with E-state index in [4.69, 9.17) is 16.3 Å². The Morgan fingerprint density at radius 2 is 1.79 bits per heavy atom. The standard InChI is InChI=1S/C32H35ClF3N7O4S/c1-37-28-24(32(34,35)36)14-20(15-25(28)33)16-27(29(44)41-12-10-40(11-13-41)22-2-6-38-7-3-22)47-31(46)42-8-4-23(5-9-42)43-17-21-18-48-19-26(21)39-30(43)45/h2-3,6-7,14-15,18-19,23,27,37H,4-5,8-13,16-17H2,1H3,(H,39,45)/t27-/m1/s1. The molecule has 5 heterocycles. The van der Waals surface area contributed by atoms with Crippen molar-refractivity contribution in [3.63, 3.8) is 0 Å². The lowest BCUT2D eigenvalue weighted by atomic mass is 10.0. The van der Waals surface area contributed by atoms with Crippen LogP contribution in [0.15, 0.2) is 47.4 Å². The molecule has 6 rings (SSSR count). The number of piperazine rings is 1. The van der Waals surface area contributed by atoms with Crippen LogP contribution in [0.1, 0.15) is 29.5 Å². The first-order chi connectivity index (χ1) is 23.0. The zero-order valence-electron chi connectivity index (χ0n) is 26.1. The van der Waals surface area contributed by atoms with E-state index in [9.17, 15) is 27.6 Å². The summed E-state index contributed by atoms with van der Waals surface area (Å²) in [6, 6.07) is 5.76. The SMILES string of the molecule is CNc1c(Cl)cc(C[C@@H](OC(=O)N2CCC(N3Cc4cscc4NC3=O)CC2)C(=O)N2CCN(c3ccncc3)CC2)cc1C(F)(F)F. The summed E-state index contributed by atoms with van der Waals surface area (Å²) in [6.07, 6.45) is -2.74. The Kier molecular flexibility index (Phi) is 9.88. The van der Waals surface area contributed by atoms with Crippen LogP contribution in [0.25, 0.3) is 0 Å². The molecule has 256 valence electrons. The maximum atomic E-state index is 14.0. The number of carbonyl (C=O) groups excluding carboxylic acids is 3. The fourth-order valence-electron chi connectivity index (χ4n) is 6.44. The van der Waals surface area contributed by atoms with Gasteiger partial charge in [-0.15, -0.1) is 11.3 Å². The van der Waals surface area contributed by atoms with E-state index >= 15 is 0 Å². The number of fused-ring (bicyclic) bond motifs is 1. The lowest BCUT2D eigenvalue weighted by Crippen LogP contribution is -2.54. The summed E-state index contributed by atoms with van der Waals surface area (Å²) in [5, 5.41) is 9.14. The molecule has 0 saturated carbocycles. The van der Waals surface area contributed by atoms with Gasteiger partial charge in [-0.2, -0.15) is 13.2 Å². The van der Waals surface area contributed by atoms with Crippen LogP contribution >= 0.6 is 22.9 Å². The van der Waals surface area contributed by atoms with Crippen LogP contribution in [0.4, 0.5) is 39.8 Å². The van der Waals surface area contributed by atoms with Crippen LogP contribution in [0, 0.1) is 0 Å². The second-order valence-corrected chi connectivity index (χ2v) is 13.1. The summed E-state index contributed by atoms with van der Waals surface area (Å²) in [6.45, 7) is 2.75. The minimum atomic E-state index is -4.71. The molecular formula is C32H35ClF3N7O4S. The first-order valence-electron chi connectivity index (χ1n) is 15.6. The number of hydrogen-bond acceptors (Lipinski definition) is 8. The number of carbonyl (C=O) groups is 3. The molecule has 4 amide bonds. The Morgan fingerprint density at radius 1 is 1.08 bits per heavy atom. The monoisotopic (exact) mass is 705 g/mol. The van der Waals surface area contributed by atoms with Gasteiger partial charge in [-0.25, -0.2) is 9.59 Å². The first kappa shape index (κ1) is 33.7. The summed E-state index contributed by atoms with van der Waals surface area (Å²) in [5.41, 5.74) is 1.67. The molecule has 11 nitrogen and oxygen atoms in total. The Morgan fingerprint density at radius 3 is 2.46 bits per heavy atom. The number of ether oxygens (including phenoxy) is 1. The van der Waals surface area contributed by atoms with Gasteiger partial charge in [0.2, 0.25) is 0 Å². The van der Waals surface area contributed by atoms with Crippen molar-refractivity contribution in [2.75, 3.05) is 61.8 Å². The number of rotatable bonds is 7. The molecule has 2 fully saturated rings. The van der Waals surface area contributed by atoms with Gasteiger partial charge in [-0.3, -0.25) is 9.78 Å². The highest BCUT2D eigenvalue weighted by Gasteiger charge is 2.38. The average molecular weight is 706 g/mol. The van der Waals surface area contributed by atoms with Crippen LogP contribution < -0.4 is 15.5 Å². The van der Waals surface area contributed by atoms with Crippen molar-refractivity contribution < 1.29 is 32.3 Å². The van der Waals surface area contributed by atoms with Crippen molar-refractivity contribution in [3.05, 3.63) is 69.1 Å². The molecule has 0 radical (unpaired) electrons. The molecular weight excluding hydrogens is 671 g/mol. The van der Waals surface area contributed by atoms with Gasteiger partial charge in [0.25, 0.3) is 5.91 Å². The topological polar surface area (TPSA) is 110 Å². The van der Waals surface area contributed by atoms with Crippen molar-refractivity contribution in [1.29, 1.82) is 0 Å². The Bertz CT molecular complexity index is 1640. The number of alkyl halides is 3. The van der Waals surface area contributed by atoms with Crippen molar-refractivity contribution in [1.82, 2.24) is 19.7 Å². The van der Waals surface area contributed by atoms with Gasteiger partial charge in [0.15, 0.2) is 6.10 Å². The van der Waals surface area contributed by atoms with E-state index in [-0.39, 0.29) is 47.9 Å². The van der Waals surface area contributed by atoms with Crippen molar-refractivity contribution in [2.24, 2.45) is 0 Å². The fourth-order valence-corrected chi connectivity index (χ4v) is 7.56. The number of pyridine rings is 1. The minimum absolute atomic E-state index is 0.0927. The normalized spacial score (nSPS) is 17.9. The van der Waals surface area contributed by atoms with Crippen molar-refractivity contribution >= 4 is 58.0 Å². The largest absolute Gasteiger partial charge is 0.436 e.